The van der Waals surface area contributed by atoms with E-state index in [9.17, 15) is 4.79 Å². The Labute approximate surface area is 175 Å². The van der Waals surface area contributed by atoms with Gasteiger partial charge in [0.15, 0.2) is 0 Å². The van der Waals surface area contributed by atoms with Crippen molar-refractivity contribution < 1.29 is 4.79 Å². The fraction of sp³-hybridized carbons (Fsp3) is 0.364. The summed E-state index contributed by atoms with van der Waals surface area (Å²) in [6.45, 7) is 9.27. The van der Waals surface area contributed by atoms with Gasteiger partial charge in [-0.2, -0.15) is 0 Å². The largest absolute Gasteiger partial charge is 0.367 e. The number of carbonyl (C=O) groups is 1. The molecular weight excluding hydrogens is 386 g/mol. The highest BCUT2D eigenvalue weighted by molar-refractivity contribution is 6.33. The number of H-pyrrole nitrogens is 1. The molecule has 29 heavy (non-hydrogen) atoms. The van der Waals surface area contributed by atoms with E-state index in [1.807, 2.05) is 30.3 Å². The zero-order chi connectivity index (χ0) is 20.6. The van der Waals surface area contributed by atoms with Crippen molar-refractivity contribution in [3.05, 3.63) is 53.1 Å². The monoisotopic (exact) mass is 411 g/mol. The number of amides is 2. The van der Waals surface area contributed by atoms with E-state index in [2.05, 4.69) is 53.1 Å². The van der Waals surface area contributed by atoms with E-state index in [-0.39, 0.29) is 11.4 Å². The number of piperazine rings is 1. The minimum Gasteiger partial charge on any atom is -0.367 e. The second kappa shape index (κ2) is 7.59. The van der Waals surface area contributed by atoms with E-state index < -0.39 is 0 Å². The Morgan fingerprint density at radius 2 is 1.83 bits per heavy atom. The number of nitrogens with zero attached hydrogens (tertiary/aromatic N) is 3. The van der Waals surface area contributed by atoms with Gasteiger partial charge < -0.3 is 14.8 Å². The van der Waals surface area contributed by atoms with Crippen molar-refractivity contribution in [1.82, 2.24) is 14.9 Å². The standard InChI is InChI=1S/C22H26ClN5O/c1-22(2,3)15-8-9-17-18(14-15)25-20(24-17)26-21(29)28-12-10-27(11-13-28)19-7-5-4-6-16(19)23/h4-9,14H,10-13H2,1-3H3,(H2,24,25,26,29). The van der Waals surface area contributed by atoms with Gasteiger partial charge in [-0.15, -0.1) is 0 Å². The van der Waals surface area contributed by atoms with Crippen LogP contribution in [0.25, 0.3) is 11.0 Å². The fourth-order valence-electron chi connectivity index (χ4n) is 3.57. The van der Waals surface area contributed by atoms with Crippen LogP contribution in [0.5, 0.6) is 0 Å². The van der Waals surface area contributed by atoms with Gasteiger partial charge in [0, 0.05) is 26.2 Å². The number of para-hydroxylation sites is 1. The molecule has 1 aliphatic rings. The molecule has 2 amide bonds. The molecule has 3 aromatic rings. The van der Waals surface area contributed by atoms with Crippen molar-refractivity contribution in [3.8, 4) is 0 Å². The number of fused-ring (bicyclic) bond motifs is 1. The third kappa shape index (κ3) is 4.17. The molecule has 1 fully saturated rings. The Kier molecular flexibility index (Phi) is 5.13. The minimum absolute atomic E-state index is 0.0596. The van der Waals surface area contributed by atoms with Crippen LogP contribution in [-0.4, -0.2) is 47.1 Å². The number of hydrogen-bond donors (Lipinski definition) is 2. The number of imidazole rings is 1. The van der Waals surface area contributed by atoms with Gasteiger partial charge >= 0.3 is 6.03 Å². The topological polar surface area (TPSA) is 64.3 Å². The van der Waals surface area contributed by atoms with Gasteiger partial charge in [0.25, 0.3) is 0 Å². The van der Waals surface area contributed by atoms with Crippen LogP contribution >= 0.6 is 11.6 Å². The van der Waals surface area contributed by atoms with Gasteiger partial charge in [0.05, 0.1) is 21.7 Å². The summed E-state index contributed by atoms with van der Waals surface area (Å²) in [5.74, 6) is 0.476. The van der Waals surface area contributed by atoms with Crippen LogP contribution < -0.4 is 10.2 Å². The molecule has 6 nitrogen and oxygen atoms in total. The maximum absolute atomic E-state index is 12.7. The highest BCUT2D eigenvalue weighted by Crippen LogP contribution is 2.27. The van der Waals surface area contributed by atoms with Gasteiger partial charge in [-0.05, 0) is 35.2 Å². The molecule has 0 saturated carbocycles. The molecule has 2 N–H and O–H groups in total. The van der Waals surface area contributed by atoms with Crippen LogP contribution in [0.4, 0.5) is 16.4 Å². The molecule has 152 valence electrons. The molecule has 1 aromatic heterocycles. The lowest BCUT2D eigenvalue weighted by Gasteiger charge is -2.36. The van der Waals surface area contributed by atoms with Gasteiger partial charge in [0.2, 0.25) is 5.95 Å². The quantitative estimate of drug-likeness (QED) is 0.632. The molecule has 1 saturated heterocycles. The van der Waals surface area contributed by atoms with Gasteiger partial charge in [-0.1, -0.05) is 50.6 Å². The number of nitrogens with one attached hydrogen (secondary N) is 2. The van der Waals surface area contributed by atoms with Crippen LogP contribution in [-0.2, 0) is 5.41 Å². The molecule has 2 aromatic carbocycles. The highest BCUT2D eigenvalue weighted by atomic mass is 35.5. The van der Waals surface area contributed by atoms with E-state index in [1.54, 1.807) is 4.90 Å². The SMILES string of the molecule is CC(C)(C)c1ccc2nc(NC(=O)N3CCN(c4ccccc4Cl)CC3)[nH]c2c1. The summed E-state index contributed by atoms with van der Waals surface area (Å²) in [5, 5.41) is 3.64. The van der Waals surface area contributed by atoms with Crippen molar-refractivity contribution in [2.45, 2.75) is 26.2 Å². The smallest absolute Gasteiger partial charge is 0.324 e. The number of aromatic amines is 1. The van der Waals surface area contributed by atoms with Crippen molar-refractivity contribution in [3.63, 3.8) is 0 Å². The fourth-order valence-corrected chi connectivity index (χ4v) is 3.83. The molecule has 0 aliphatic carbocycles. The summed E-state index contributed by atoms with van der Waals surface area (Å²) in [7, 11) is 0. The Bertz CT molecular complexity index is 1030. The van der Waals surface area contributed by atoms with Crippen LogP contribution in [0, 0.1) is 0 Å². The number of anilines is 2. The van der Waals surface area contributed by atoms with Crippen LogP contribution in [0.1, 0.15) is 26.3 Å². The summed E-state index contributed by atoms with van der Waals surface area (Å²) < 4.78 is 0. The third-order valence-electron chi connectivity index (χ3n) is 5.33. The van der Waals surface area contributed by atoms with Crippen LogP contribution in [0.2, 0.25) is 5.02 Å². The molecule has 0 spiro atoms. The lowest BCUT2D eigenvalue weighted by Crippen LogP contribution is -2.50. The van der Waals surface area contributed by atoms with Gasteiger partial charge in [-0.3, -0.25) is 5.32 Å². The predicted octanol–water partition coefficient (Wildman–Crippen LogP) is 4.87. The average Bonchev–Trinajstić information content (AvgIpc) is 3.09. The van der Waals surface area contributed by atoms with E-state index in [1.165, 1.54) is 5.56 Å². The molecule has 0 bridgehead atoms. The number of halogens is 1. The molecule has 0 unspecified atom stereocenters. The van der Waals surface area contributed by atoms with E-state index in [0.717, 1.165) is 34.8 Å². The lowest BCUT2D eigenvalue weighted by molar-refractivity contribution is 0.208. The maximum Gasteiger partial charge on any atom is 0.324 e. The summed E-state index contributed by atoms with van der Waals surface area (Å²) in [5.41, 5.74) is 4.07. The summed E-state index contributed by atoms with van der Waals surface area (Å²) >= 11 is 6.29. The van der Waals surface area contributed by atoms with E-state index in [0.29, 0.717) is 19.0 Å². The number of rotatable bonds is 2. The molecule has 4 rings (SSSR count). The van der Waals surface area contributed by atoms with E-state index in [4.69, 9.17) is 11.6 Å². The van der Waals surface area contributed by atoms with Crippen LogP contribution in [0.3, 0.4) is 0 Å². The number of hydrogen-bond acceptors (Lipinski definition) is 3. The minimum atomic E-state index is -0.140. The normalized spacial score (nSPS) is 15.0. The Balaban J connectivity index is 1.40. The second-order valence-corrected chi connectivity index (χ2v) is 8.83. The Morgan fingerprint density at radius 3 is 2.52 bits per heavy atom. The molecule has 0 radical (unpaired) electrons. The predicted molar refractivity (Wildman–Crippen MR) is 119 cm³/mol. The Morgan fingerprint density at radius 1 is 1.10 bits per heavy atom. The third-order valence-corrected chi connectivity index (χ3v) is 5.65. The summed E-state index contributed by atoms with van der Waals surface area (Å²) in [6, 6.07) is 13.8. The second-order valence-electron chi connectivity index (χ2n) is 8.42. The van der Waals surface area contributed by atoms with Crippen LogP contribution in [0.15, 0.2) is 42.5 Å². The first-order valence-corrected chi connectivity index (χ1v) is 10.2. The van der Waals surface area contributed by atoms with Crippen molar-refractivity contribution >= 4 is 40.3 Å². The first-order valence-electron chi connectivity index (χ1n) is 9.87. The number of carbonyl (C=O) groups excluding carboxylic acids is 1. The van der Waals surface area contributed by atoms with Crippen molar-refractivity contribution in [2.24, 2.45) is 0 Å². The zero-order valence-corrected chi connectivity index (χ0v) is 17.8. The van der Waals surface area contributed by atoms with Crippen molar-refractivity contribution in [2.75, 3.05) is 36.4 Å². The van der Waals surface area contributed by atoms with Crippen molar-refractivity contribution in [1.29, 1.82) is 0 Å². The molecule has 7 heteroatoms. The summed E-state index contributed by atoms with van der Waals surface area (Å²) in [6.07, 6.45) is 0. The Hall–Kier alpha value is -2.73. The number of urea groups is 1. The maximum atomic E-state index is 12.7. The lowest BCUT2D eigenvalue weighted by atomic mass is 9.87. The first-order chi connectivity index (χ1) is 13.8. The molecule has 1 aliphatic heterocycles. The van der Waals surface area contributed by atoms with Gasteiger partial charge in [-0.25, -0.2) is 9.78 Å². The number of benzene rings is 2. The molecule has 0 atom stereocenters. The van der Waals surface area contributed by atoms with E-state index >= 15 is 0 Å². The highest BCUT2D eigenvalue weighted by Gasteiger charge is 2.23. The number of aromatic nitrogens is 2. The zero-order valence-electron chi connectivity index (χ0n) is 17.0. The summed E-state index contributed by atoms with van der Waals surface area (Å²) in [4.78, 5) is 24.4. The average molecular weight is 412 g/mol. The first kappa shape index (κ1) is 19.6. The molecular formula is C22H26ClN5O. The molecule has 2 heterocycles. The van der Waals surface area contributed by atoms with Gasteiger partial charge in [0.1, 0.15) is 0 Å².